The summed E-state index contributed by atoms with van der Waals surface area (Å²) >= 11 is 0. The Bertz CT molecular complexity index is 198. The lowest BCUT2D eigenvalue weighted by Gasteiger charge is -2.49. The molecule has 1 aliphatic heterocycles. The predicted molar refractivity (Wildman–Crippen MR) is 47.6 cm³/mol. The Morgan fingerprint density at radius 3 is 2.33 bits per heavy atom. The molecule has 1 aliphatic rings. The van der Waals surface area contributed by atoms with Gasteiger partial charge in [0, 0.05) is 5.41 Å². The highest BCUT2D eigenvalue weighted by Crippen LogP contribution is 2.47. The summed E-state index contributed by atoms with van der Waals surface area (Å²) in [5.41, 5.74) is -0.0994. The van der Waals surface area contributed by atoms with Gasteiger partial charge in [-0.05, 0) is 20.3 Å². The second kappa shape index (κ2) is 3.06. The van der Waals surface area contributed by atoms with Gasteiger partial charge >= 0.3 is 0 Å². The third-order valence-corrected chi connectivity index (χ3v) is 3.09. The lowest BCUT2D eigenvalue weighted by Crippen LogP contribution is -2.52. The smallest absolute Gasteiger partial charge is 0.0691 e. The fourth-order valence-corrected chi connectivity index (χ4v) is 1.76. The molecule has 68 valence electrons. The Morgan fingerprint density at radius 2 is 2.08 bits per heavy atom. The van der Waals surface area contributed by atoms with Crippen molar-refractivity contribution < 1.29 is 4.74 Å². The Labute approximate surface area is 74.5 Å². The van der Waals surface area contributed by atoms with E-state index in [1.807, 2.05) is 13.8 Å². The molecule has 0 amide bonds. The monoisotopic (exact) mass is 167 g/mol. The second-order valence-corrected chi connectivity index (χ2v) is 4.26. The van der Waals surface area contributed by atoms with Gasteiger partial charge in [-0.25, -0.2) is 0 Å². The Hall–Kier alpha value is -0.550. The fraction of sp³-hybridized carbons (Fsp3) is 0.900. The lowest BCUT2D eigenvalue weighted by atomic mass is 9.62. The van der Waals surface area contributed by atoms with Gasteiger partial charge in [0.15, 0.2) is 0 Å². The zero-order valence-electron chi connectivity index (χ0n) is 8.18. The first-order chi connectivity index (χ1) is 5.58. The van der Waals surface area contributed by atoms with Crippen LogP contribution in [-0.4, -0.2) is 13.2 Å². The van der Waals surface area contributed by atoms with Gasteiger partial charge in [0.25, 0.3) is 0 Å². The maximum absolute atomic E-state index is 9.02. The van der Waals surface area contributed by atoms with Crippen molar-refractivity contribution in [2.75, 3.05) is 13.2 Å². The molecule has 0 radical (unpaired) electrons. The van der Waals surface area contributed by atoms with Crippen molar-refractivity contribution in [3.05, 3.63) is 0 Å². The molecule has 0 saturated carbocycles. The minimum Gasteiger partial charge on any atom is -0.380 e. The van der Waals surface area contributed by atoms with Crippen LogP contribution in [0.25, 0.3) is 0 Å². The van der Waals surface area contributed by atoms with Crippen molar-refractivity contribution in [3.8, 4) is 6.07 Å². The van der Waals surface area contributed by atoms with E-state index >= 15 is 0 Å². The highest BCUT2D eigenvalue weighted by Gasteiger charge is 2.50. The molecule has 0 bridgehead atoms. The van der Waals surface area contributed by atoms with Crippen LogP contribution in [0.5, 0.6) is 0 Å². The first kappa shape index (κ1) is 9.54. The van der Waals surface area contributed by atoms with E-state index in [2.05, 4.69) is 13.0 Å². The van der Waals surface area contributed by atoms with E-state index < -0.39 is 0 Å². The van der Waals surface area contributed by atoms with Crippen molar-refractivity contribution in [1.29, 1.82) is 5.26 Å². The fourth-order valence-electron chi connectivity index (χ4n) is 1.76. The Kier molecular flexibility index (Phi) is 2.44. The van der Waals surface area contributed by atoms with E-state index in [0.29, 0.717) is 0 Å². The van der Waals surface area contributed by atoms with Crippen LogP contribution in [-0.2, 0) is 4.74 Å². The molecule has 1 saturated heterocycles. The van der Waals surface area contributed by atoms with Crippen LogP contribution in [0.2, 0.25) is 0 Å². The average Bonchev–Trinajstić information content (AvgIpc) is 1.96. The summed E-state index contributed by atoms with van der Waals surface area (Å²) in [5.74, 6) is 0. The van der Waals surface area contributed by atoms with Crippen LogP contribution in [0.3, 0.4) is 0 Å². The van der Waals surface area contributed by atoms with Gasteiger partial charge in [-0.2, -0.15) is 5.26 Å². The van der Waals surface area contributed by atoms with Gasteiger partial charge in [-0.15, -0.1) is 0 Å². The molecule has 2 heteroatoms. The number of hydrogen-bond donors (Lipinski definition) is 0. The van der Waals surface area contributed by atoms with Crippen LogP contribution in [0.4, 0.5) is 0 Å². The zero-order valence-corrected chi connectivity index (χ0v) is 8.18. The van der Waals surface area contributed by atoms with Gasteiger partial charge in [0.2, 0.25) is 0 Å². The molecule has 12 heavy (non-hydrogen) atoms. The number of hydrogen-bond acceptors (Lipinski definition) is 2. The third-order valence-electron chi connectivity index (χ3n) is 3.09. The topological polar surface area (TPSA) is 33.0 Å². The largest absolute Gasteiger partial charge is 0.380 e. The van der Waals surface area contributed by atoms with Crippen molar-refractivity contribution in [2.45, 2.75) is 33.6 Å². The number of rotatable bonds is 3. The molecule has 2 nitrogen and oxygen atoms in total. The summed E-state index contributed by atoms with van der Waals surface area (Å²) in [7, 11) is 0. The SMILES string of the molecule is CCCC1(C(C)(C)C#N)COC1. The molecule has 0 aromatic rings. The van der Waals surface area contributed by atoms with E-state index in [9.17, 15) is 0 Å². The van der Waals surface area contributed by atoms with Crippen LogP contribution in [0, 0.1) is 22.2 Å². The maximum Gasteiger partial charge on any atom is 0.0691 e. The minimum atomic E-state index is -0.235. The molecule has 0 unspecified atom stereocenters. The molecule has 1 rings (SSSR count). The summed E-state index contributed by atoms with van der Waals surface area (Å²) < 4.78 is 5.23. The highest BCUT2D eigenvalue weighted by atomic mass is 16.5. The molecular weight excluding hydrogens is 150 g/mol. The second-order valence-electron chi connectivity index (χ2n) is 4.26. The molecule has 0 aromatic heterocycles. The Balaban J connectivity index is 2.74. The summed E-state index contributed by atoms with van der Waals surface area (Å²) in [6.45, 7) is 7.73. The lowest BCUT2D eigenvalue weighted by molar-refractivity contribution is -0.163. The van der Waals surface area contributed by atoms with Gasteiger partial charge in [-0.1, -0.05) is 13.3 Å². The van der Waals surface area contributed by atoms with Crippen molar-refractivity contribution >= 4 is 0 Å². The predicted octanol–water partition coefficient (Wildman–Crippen LogP) is 2.35. The van der Waals surface area contributed by atoms with E-state index in [0.717, 1.165) is 26.1 Å². The van der Waals surface area contributed by atoms with Crippen molar-refractivity contribution in [1.82, 2.24) is 0 Å². The summed E-state index contributed by atoms with van der Waals surface area (Å²) in [4.78, 5) is 0. The zero-order chi connectivity index (χ0) is 9.24. The number of ether oxygens (including phenoxy) is 1. The van der Waals surface area contributed by atoms with Gasteiger partial charge in [0.1, 0.15) is 0 Å². The average molecular weight is 167 g/mol. The third kappa shape index (κ3) is 1.23. The van der Waals surface area contributed by atoms with E-state index in [1.165, 1.54) is 0 Å². The molecule has 0 aromatic carbocycles. The summed E-state index contributed by atoms with van der Waals surface area (Å²) in [6, 6.07) is 2.39. The van der Waals surface area contributed by atoms with Crippen LogP contribution >= 0.6 is 0 Å². The molecular formula is C10H17NO. The maximum atomic E-state index is 9.02. The molecule has 0 aliphatic carbocycles. The summed E-state index contributed by atoms with van der Waals surface area (Å²) in [6.07, 6.45) is 2.24. The minimum absolute atomic E-state index is 0.135. The molecule has 1 heterocycles. The Morgan fingerprint density at radius 1 is 1.50 bits per heavy atom. The molecule has 0 atom stereocenters. The van der Waals surface area contributed by atoms with Gasteiger partial charge in [0.05, 0.1) is 24.7 Å². The molecule has 0 N–H and O–H groups in total. The molecule has 1 fully saturated rings. The molecule has 0 spiro atoms. The quantitative estimate of drug-likeness (QED) is 0.646. The first-order valence-corrected chi connectivity index (χ1v) is 4.57. The number of nitrogens with zero attached hydrogens (tertiary/aromatic N) is 1. The van der Waals surface area contributed by atoms with Crippen LogP contribution in [0.15, 0.2) is 0 Å². The van der Waals surface area contributed by atoms with Crippen molar-refractivity contribution in [3.63, 3.8) is 0 Å². The van der Waals surface area contributed by atoms with Gasteiger partial charge in [-0.3, -0.25) is 0 Å². The van der Waals surface area contributed by atoms with E-state index in [4.69, 9.17) is 10.00 Å². The van der Waals surface area contributed by atoms with E-state index in [-0.39, 0.29) is 10.8 Å². The van der Waals surface area contributed by atoms with E-state index in [1.54, 1.807) is 0 Å². The van der Waals surface area contributed by atoms with Gasteiger partial charge < -0.3 is 4.74 Å². The van der Waals surface area contributed by atoms with Crippen molar-refractivity contribution in [2.24, 2.45) is 10.8 Å². The van der Waals surface area contributed by atoms with Crippen LogP contribution < -0.4 is 0 Å². The summed E-state index contributed by atoms with van der Waals surface area (Å²) in [5, 5.41) is 9.02. The normalized spacial score (nSPS) is 21.2. The number of nitriles is 1. The standard InChI is InChI=1S/C10H17NO/c1-4-5-10(7-12-8-10)9(2,3)6-11/h4-5,7-8H2,1-3H3. The van der Waals surface area contributed by atoms with Crippen LogP contribution in [0.1, 0.15) is 33.6 Å². The first-order valence-electron chi connectivity index (χ1n) is 4.57. The highest BCUT2D eigenvalue weighted by molar-refractivity contribution is 5.08.